The van der Waals surface area contributed by atoms with Crippen LogP contribution < -0.4 is 4.90 Å². The number of aliphatic hydroxyl groups excluding tert-OH is 1. The van der Waals surface area contributed by atoms with Crippen molar-refractivity contribution in [2.24, 2.45) is 0 Å². The highest BCUT2D eigenvalue weighted by atomic mass is 16.3. The lowest BCUT2D eigenvalue weighted by Crippen LogP contribution is -2.48. The molecule has 1 saturated heterocycles. The third kappa shape index (κ3) is 3.34. The first kappa shape index (κ1) is 13.1. The van der Waals surface area contributed by atoms with Crippen molar-refractivity contribution in [3.8, 4) is 0 Å². The summed E-state index contributed by atoms with van der Waals surface area (Å²) in [4.78, 5) is 4.69. The highest BCUT2D eigenvalue weighted by Gasteiger charge is 2.18. The highest BCUT2D eigenvalue weighted by molar-refractivity contribution is 5.47. The zero-order chi connectivity index (χ0) is 13.0. The van der Waals surface area contributed by atoms with E-state index in [9.17, 15) is 5.11 Å². The fourth-order valence-corrected chi connectivity index (χ4v) is 2.28. The smallest absolute Gasteiger partial charge is 0.0845 e. The average Bonchev–Trinajstić information content (AvgIpc) is 2.40. The van der Waals surface area contributed by atoms with Gasteiger partial charge in [0, 0.05) is 38.4 Å². The maximum absolute atomic E-state index is 9.55. The molecule has 0 radical (unpaired) electrons. The molecule has 3 heteroatoms. The van der Waals surface area contributed by atoms with E-state index < -0.39 is 6.10 Å². The van der Waals surface area contributed by atoms with E-state index in [1.54, 1.807) is 6.08 Å². The fourth-order valence-electron chi connectivity index (χ4n) is 2.28. The van der Waals surface area contributed by atoms with E-state index in [1.807, 2.05) is 0 Å². The first-order valence-corrected chi connectivity index (χ1v) is 6.53. The fraction of sp³-hybridized carbons (Fsp3) is 0.467. The summed E-state index contributed by atoms with van der Waals surface area (Å²) in [5, 5.41) is 9.55. The molecule has 18 heavy (non-hydrogen) atoms. The molecular formula is C15H22N2O. The van der Waals surface area contributed by atoms with Gasteiger partial charge in [-0.05, 0) is 19.1 Å². The third-order valence-corrected chi connectivity index (χ3v) is 3.49. The SMILES string of the molecule is C=CC(O)CN1CCN(c2ccc(C)cc2)CC1. The number of benzene rings is 1. The van der Waals surface area contributed by atoms with Gasteiger partial charge in [-0.3, -0.25) is 4.90 Å². The quantitative estimate of drug-likeness (QED) is 0.819. The van der Waals surface area contributed by atoms with Gasteiger partial charge in [0.2, 0.25) is 0 Å². The number of nitrogens with zero attached hydrogens (tertiary/aromatic N) is 2. The Kier molecular flexibility index (Phi) is 4.39. The minimum Gasteiger partial charge on any atom is -0.388 e. The second-order valence-corrected chi connectivity index (χ2v) is 4.93. The van der Waals surface area contributed by atoms with Gasteiger partial charge in [0.15, 0.2) is 0 Å². The number of aryl methyl sites for hydroxylation is 1. The predicted octanol–water partition coefficient (Wildman–Crippen LogP) is 1.66. The van der Waals surface area contributed by atoms with Crippen molar-refractivity contribution in [1.82, 2.24) is 4.90 Å². The predicted molar refractivity (Wildman–Crippen MR) is 76.0 cm³/mol. The molecule has 1 atom stereocenters. The van der Waals surface area contributed by atoms with Gasteiger partial charge in [-0.15, -0.1) is 6.58 Å². The van der Waals surface area contributed by atoms with Gasteiger partial charge in [0.05, 0.1) is 6.10 Å². The van der Waals surface area contributed by atoms with Crippen LogP contribution in [0.25, 0.3) is 0 Å². The number of β-amino-alcohol motifs (C(OH)–C–C–N with tert-alkyl or cyclic N) is 1. The molecular weight excluding hydrogens is 224 g/mol. The monoisotopic (exact) mass is 246 g/mol. The largest absolute Gasteiger partial charge is 0.388 e. The molecule has 1 heterocycles. The molecule has 0 saturated carbocycles. The maximum Gasteiger partial charge on any atom is 0.0845 e. The number of piperazine rings is 1. The molecule has 1 aliphatic rings. The molecule has 1 fully saturated rings. The molecule has 0 aliphatic carbocycles. The number of rotatable bonds is 4. The number of aliphatic hydroxyl groups is 1. The van der Waals surface area contributed by atoms with Crippen LogP contribution in [0, 0.1) is 6.92 Å². The standard InChI is InChI=1S/C15H22N2O/c1-3-15(18)12-16-8-10-17(11-9-16)14-6-4-13(2)5-7-14/h3-7,15,18H,1,8-12H2,2H3. The van der Waals surface area contributed by atoms with Gasteiger partial charge in [0.1, 0.15) is 0 Å². The summed E-state index contributed by atoms with van der Waals surface area (Å²) >= 11 is 0. The molecule has 1 aliphatic heterocycles. The van der Waals surface area contributed by atoms with Crippen molar-refractivity contribution >= 4 is 5.69 Å². The molecule has 98 valence electrons. The summed E-state index contributed by atoms with van der Waals surface area (Å²) < 4.78 is 0. The van der Waals surface area contributed by atoms with E-state index in [0.717, 1.165) is 26.2 Å². The minimum absolute atomic E-state index is 0.407. The van der Waals surface area contributed by atoms with E-state index in [2.05, 4.69) is 47.6 Å². The van der Waals surface area contributed by atoms with Gasteiger partial charge in [-0.25, -0.2) is 0 Å². The van der Waals surface area contributed by atoms with Crippen LogP contribution in [0.3, 0.4) is 0 Å². The summed E-state index contributed by atoms with van der Waals surface area (Å²) in [6, 6.07) is 8.68. The van der Waals surface area contributed by atoms with Gasteiger partial charge in [-0.2, -0.15) is 0 Å². The van der Waals surface area contributed by atoms with Crippen LogP contribution in [0.1, 0.15) is 5.56 Å². The first-order valence-electron chi connectivity index (χ1n) is 6.53. The van der Waals surface area contributed by atoms with Crippen molar-refractivity contribution in [2.45, 2.75) is 13.0 Å². The van der Waals surface area contributed by atoms with Crippen molar-refractivity contribution in [3.05, 3.63) is 42.5 Å². The van der Waals surface area contributed by atoms with E-state index in [0.29, 0.717) is 6.54 Å². The molecule has 1 N–H and O–H groups in total. The van der Waals surface area contributed by atoms with E-state index >= 15 is 0 Å². The Morgan fingerprint density at radius 3 is 2.39 bits per heavy atom. The lowest BCUT2D eigenvalue weighted by atomic mass is 10.2. The van der Waals surface area contributed by atoms with Crippen LogP contribution >= 0.6 is 0 Å². The van der Waals surface area contributed by atoms with E-state index in [-0.39, 0.29) is 0 Å². The molecule has 0 bridgehead atoms. The number of anilines is 1. The second-order valence-electron chi connectivity index (χ2n) is 4.93. The Hall–Kier alpha value is -1.32. The summed E-state index contributed by atoms with van der Waals surface area (Å²) in [7, 11) is 0. The van der Waals surface area contributed by atoms with Crippen molar-refractivity contribution < 1.29 is 5.11 Å². The van der Waals surface area contributed by atoms with Crippen molar-refractivity contribution in [2.75, 3.05) is 37.6 Å². The summed E-state index contributed by atoms with van der Waals surface area (Å²) in [5.74, 6) is 0. The minimum atomic E-state index is -0.407. The van der Waals surface area contributed by atoms with Gasteiger partial charge < -0.3 is 10.0 Å². The maximum atomic E-state index is 9.55. The Morgan fingerprint density at radius 1 is 1.22 bits per heavy atom. The van der Waals surface area contributed by atoms with E-state index in [4.69, 9.17) is 0 Å². The molecule has 0 spiro atoms. The summed E-state index contributed by atoms with van der Waals surface area (Å²) in [5.41, 5.74) is 2.59. The van der Waals surface area contributed by atoms with E-state index in [1.165, 1.54) is 11.3 Å². The lowest BCUT2D eigenvalue weighted by molar-refractivity contribution is 0.142. The zero-order valence-electron chi connectivity index (χ0n) is 11.0. The molecule has 2 rings (SSSR count). The van der Waals surface area contributed by atoms with Gasteiger partial charge in [0.25, 0.3) is 0 Å². The third-order valence-electron chi connectivity index (χ3n) is 3.49. The van der Waals surface area contributed by atoms with Crippen LogP contribution in [0.4, 0.5) is 5.69 Å². The van der Waals surface area contributed by atoms with Crippen LogP contribution in [0.5, 0.6) is 0 Å². The molecule has 3 nitrogen and oxygen atoms in total. The Labute approximate surface area is 109 Å². The lowest BCUT2D eigenvalue weighted by Gasteiger charge is -2.36. The highest BCUT2D eigenvalue weighted by Crippen LogP contribution is 2.17. The molecule has 1 aromatic carbocycles. The molecule has 0 amide bonds. The molecule has 1 unspecified atom stereocenters. The van der Waals surface area contributed by atoms with Crippen LogP contribution in [0.15, 0.2) is 36.9 Å². The normalized spacial score (nSPS) is 18.7. The first-order chi connectivity index (χ1) is 8.69. The van der Waals surface area contributed by atoms with Crippen molar-refractivity contribution in [3.63, 3.8) is 0 Å². The number of hydrogen-bond acceptors (Lipinski definition) is 3. The molecule has 1 aromatic rings. The summed E-state index contributed by atoms with van der Waals surface area (Å²) in [6.45, 7) is 10.5. The second kappa shape index (κ2) is 6.03. The zero-order valence-corrected chi connectivity index (χ0v) is 11.0. The van der Waals surface area contributed by atoms with Crippen molar-refractivity contribution in [1.29, 1.82) is 0 Å². The van der Waals surface area contributed by atoms with Crippen LogP contribution in [0.2, 0.25) is 0 Å². The van der Waals surface area contributed by atoms with Crippen LogP contribution in [-0.4, -0.2) is 48.8 Å². The number of hydrogen-bond donors (Lipinski definition) is 1. The van der Waals surface area contributed by atoms with Gasteiger partial charge >= 0.3 is 0 Å². The topological polar surface area (TPSA) is 26.7 Å². The Balaban J connectivity index is 1.86. The Bertz CT molecular complexity index is 380. The molecule has 0 aromatic heterocycles. The Morgan fingerprint density at radius 2 is 1.83 bits per heavy atom. The van der Waals surface area contributed by atoms with Crippen LogP contribution in [-0.2, 0) is 0 Å². The van der Waals surface area contributed by atoms with Gasteiger partial charge in [-0.1, -0.05) is 23.8 Å². The summed E-state index contributed by atoms with van der Waals surface area (Å²) in [6.07, 6.45) is 1.20. The average molecular weight is 246 g/mol.